The molecule has 32 heavy (non-hydrogen) atoms. The quantitative estimate of drug-likeness (QED) is 0.739. The average Bonchev–Trinajstić information content (AvgIpc) is 3.20. The van der Waals surface area contributed by atoms with Gasteiger partial charge in [0.05, 0.1) is 19.6 Å². The molecule has 0 saturated carbocycles. The van der Waals surface area contributed by atoms with Crippen molar-refractivity contribution in [1.82, 2.24) is 4.90 Å². The molecule has 1 fully saturated rings. The molecule has 1 atom stereocenters. The van der Waals surface area contributed by atoms with Crippen molar-refractivity contribution in [3.8, 4) is 17.2 Å². The molecule has 9 nitrogen and oxygen atoms in total. The number of rotatable bonds is 6. The van der Waals surface area contributed by atoms with Gasteiger partial charge in [-0.15, -0.1) is 0 Å². The monoisotopic (exact) mass is 439 g/mol. The van der Waals surface area contributed by atoms with E-state index in [1.54, 1.807) is 61.5 Å². The first-order chi connectivity index (χ1) is 15.4. The summed E-state index contributed by atoms with van der Waals surface area (Å²) in [5, 5.41) is 2.75. The molecule has 2 aromatic rings. The molecule has 9 heteroatoms. The van der Waals surface area contributed by atoms with Crippen LogP contribution < -0.4 is 24.4 Å². The number of carbonyl (C=O) groups excluding carboxylic acids is 3. The number of carbonyl (C=O) groups is 3. The smallest absolute Gasteiger partial charge is 0.243 e. The largest absolute Gasteiger partial charge is 0.497 e. The minimum absolute atomic E-state index is 0.0950. The van der Waals surface area contributed by atoms with Crippen LogP contribution in [0.5, 0.6) is 17.2 Å². The molecule has 0 spiro atoms. The summed E-state index contributed by atoms with van der Waals surface area (Å²) in [6, 6.07) is 12.2. The molecule has 0 bridgehead atoms. The number of nitrogens with zero attached hydrogens (tertiary/aromatic N) is 2. The lowest BCUT2D eigenvalue weighted by molar-refractivity contribution is -0.137. The van der Waals surface area contributed by atoms with Gasteiger partial charge in [-0.3, -0.25) is 14.4 Å². The number of methoxy groups -OCH3 is 1. The van der Waals surface area contributed by atoms with Gasteiger partial charge in [-0.05, 0) is 36.4 Å². The number of likely N-dealkylation sites (N-methyl/N-ethyl adjacent to an activating group) is 1. The van der Waals surface area contributed by atoms with E-state index in [1.807, 2.05) is 0 Å². The van der Waals surface area contributed by atoms with Crippen LogP contribution in [0.1, 0.15) is 6.42 Å². The van der Waals surface area contributed by atoms with Gasteiger partial charge in [-0.25, -0.2) is 0 Å². The molecule has 2 aliphatic heterocycles. The molecule has 2 aromatic carbocycles. The molecule has 2 aliphatic rings. The Balaban J connectivity index is 1.34. The number of anilines is 2. The summed E-state index contributed by atoms with van der Waals surface area (Å²) >= 11 is 0. The Morgan fingerprint density at radius 2 is 1.84 bits per heavy atom. The highest BCUT2D eigenvalue weighted by Crippen LogP contribution is 2.36. The molecule has 1 saturated heterocycles. The second-order valence-corrected chi connectivity index (χ2v) is 7.70. The maximum absolute atomic E-state index is 12.9. The van der Waals surface area contributed by atoms with Crippen LogP contribution >= 0.6 is 0 Å². The molecule has 0 aromatic heterocycles. The molecular formula is C23H25N3O6. The third kappa shape index (κ3) is 4.61. The summed E-state index contributed by atoms with van der Waals surface area (Å²) in [6.45, 7) is 1.08. The summed E-state index contributed by atoms with van der Waals surface area (Å²) < 4.78 is 16.2. The molecule has 0 aliphatic carbocycles. The van der Waals surface area contributed by atoms with Gasteiger partial charge in [0.2, 0.25) is 17.7 Å². The van der Waals surface area contributed by atoms with E-state index in [9.17, 15) is 14.4 Å². The molecule has 168 valence electrons. The average molecular weight is 439 g/mol. The minimum atomic E-state index is -0.519. The van der Waals surface area contributed by atoms with E-state index in [0.29, 0.717) is 41.8 Å². The van der Waals surface area contributed by atoms with Gasteiger partial charge in [0, 0.05) is 37.5 Å². The Morgan fingerprint density at radius 1 is 1.12 bits per heavy atom. The van der Waals surface area contributed by atoms with Gasteiger partial charge in [-0.1, -0.05) is 0 Å². The van der Waals surface area contributed by atoms with Crippen LogP contribution in [0, 0.1) is 5.92 Å². The fourth-order valence-electron chi connectivity index (χ4n) is 3.80. The van der Waals surface area contributed by atoms with Gasteiger partial charge in [-0.2, -0.15) is 0 Å². The van der Waals surface area contributed by atoms with Gasteiger partial charge < -0.3 is 29.3 Å². The second-order valence-electron chi connectivity index (χ2n) is 7.70. The van der Waals surface area contributed by atoms with E-state index >= 15 is 0 Å². The third-order valence-corrected chi connectivity index (χ3v) is 5.44. The van der Waals surface area contributed by atoms with Crippen molar-refractivity contribution in [2.45, 2.75) is 6.42 Å². The maximum Gasteiger partial charge on any atom is 0.243 e. The van der Waals surface area contributed by atoms with Crippen molar-refractivity contribution < 1.29 is 28.6 Å². The Hall–Kier alpha value is -3.75. The number of amides is 3. The second kappa shape index (κ2) is 9.17. The van der Waals surface area contributed by atoms with Crippen molar-refractivity contribution in [2.75, 3.05) is 50.7 Å². The van der Waals surface area contributed by atoms with E-state index in [4.69, 9.17) is 14.2 Å². The van der Waals surface area contributed by atoms with Crippen molar-refractivity contribution in [1.29, 1.82) is 0 Å². The molecule has 0 unspecified atom stereocenters. The predicted octanol–water partition coefficient (Wildman–Crippen LogP) is 1.92. The van der Waals surface area contributed by atoms with Crippen molar-refractivity contribution in [3.63, 3.8) is 0 Å². The van der Waals surface area contributed by atoms with E-state index in [0.717, 1.165) is 0 Å². The van der Waals surface area contributed by atoms with Gasteiger partial charge >= 0.3 is 0 Å². The zero-order chi connectivity index (χ0) is 22.7. The first-order valence-electron chi connectivity index (χ1n) is 10.3. The van der Waals surface area contributed by atoms with Crippen LogP contribution in [-0.2, 0) is 14.4 Å². The first-order valence-corrected chi connectivity index (χ1v) is 10.3. The predicted molar refractivity (Wildman–Crippen MR) is 117 cm³/mol. The van der Waals surface area contributed by atoms with Crippen LogP contribution in [0.3, 0.4) is 0 Å². The Labute approximate surface area is 185 Å². The number of ether oxygens (including phenoxy) is 3. The number of hydrogen-bond acceptors (Lipinski definition) is 6. The fourth-order valence-corrected chi connectivity index (χ4v) is 3.80. The minimum Gasteiger partial charge on any atom is -0.497 e. The molecule has 2 heterocycles. The van der Waals surface area contributed by atoms with E-state index in [2.05, 4.69) is 5.32 Å². The van der Waals surface area contributed by atoms with E-state index in [-0.39, 0.29) is 37.2 Å². The lowest BCUT2D eigenvalue weighted by Crippen LogP contribution is -2.39. The lowest BCUT2D eigenvalue weighted by Gasteiger charge is -2.23. The zero-order valence-electron chi connectivity index (χ0n) is 18.0. The fraction of sp³-hybridized carbons (Fsp3) is 0.348. The standard InChI is InChI=1S/C23H25N3O6/c1-25(14-21(27)24-16-3-6-18(30-2)7-4-16)23(29)15-11-22(28)26(13-15)17-5-8-19-20(12-17)32-10-9-31-19/h3-8,12,15H,9-11,13-14H2,1-2H3,(H,24,27)/t15-/m0/s1. The number of fused-ring (bicyclic) bond motifs is 1. The van der Waals surface area contributed by atoms with Gasteiger partial charge in [0.15, 0.2) is 11.5 Å². The molecule has 1 N–H and O–H groups in total. The topological polar surface area (TPSA) is 97.4 Å². The third-order valence-electron chi connectivity index (χ3n) is 5.44. The summed E-state index contributed by atoms with van der Waals surface area (Å²) in [4.78, 5) is 40.7. The molecular weight excluding hydrogens is 414 g/mol. The van der Waals surface area contributed by atoms with Crippen LogP contribution in [-0.4, -0.2) is 63.1 Å². The maximum atomic E-state index is 12.9. The van der Waals surface area contributed by atoms with Gasteiger partial charge in [0.1, 0.15) is 19.0 Å². The highest BCUT2D eigenvalue weighted by molar-refractivity contribution is 6.01. The summed E-state index contributed by atoms with van der Waals surface area (Å²) in [6.07, 6.45) is 0.0950. The van der Waals surface area contributed by atoms with E-state index < -0.39 is 5.92 Å². The molecule has 4 rings (SSSR count). The molecule has 0 radical (unpaired) electrons. The SMILES string of the molecule is COc1ccc(NC(=O)CN(C)C(=O)[C@H]2CC(=O)N(c3ccc4c(c3)OCCO4)C2)cc1. The van der Waals surface area contributed by atoms with Crippen LogP contribution in [0.25, 0.3) is 0 Å². The van der Waals surface area contributed by atoms with Crippen molar-refractivity contribution >= 4 is 29.1 Å². The van der Waals surface area contributed by atoms with Crippen molar-refractivity contribution in [2.24, 2.45) is 5.92 Å². The summed E-state index contributed by atoms with van der Waals surface area (Å²) in [5.41, 5.74) is 1.27. The summed E-state index contributed by atoms with van der Waals surface area (Å²) in [7, 11) is 3.13. The normalized spacial score (nSPS) is 17.1. The Bertz CT molecular complexity index is 1020. The number of nitrogens with one attached hydrogen (secondary N) is 1. The molecule has 3 amide bonds. The van der Waals surface area contributed by atoms with E-state index in [1.165, 1.54) is 4.90 Å². The zero-order valence-corrected chi connectivity index (χ0v) is 18.0. The Kier molecular flexibility index (Phi) is 6.16. The van der Waals surface area contributed by atoms with Crippen LogP contribution in [0.2, 0.25) is 0 Å². The highest BCUT2D eigenvalue weighted by atomic mass is 16.6. The van der Waals surface area contributed by atoms with Crippen LogP contribution in [0.15, 0.2) is 42.5 Å². The number of hydrogen-bond donors (Lipinski definition) is 1. The van der Waals surface area contributed by atoms with Crippen LogP contribution in [0.4, 0.5) is 11.4 Å². The number of benzene rings is 2. The van der Waals surface area contributed by atoms with Crippen molar-refractivity contribution in [3.05, 3.63) is 42.5 Å². The van der Waals surface area contributed by atoms with Gasteiger partial charge in [0.25, 0.3) is 0 Å². The lowest BCUT2D eigenvalue weighted by atomic mass is 10.1. The Morgan fingerprint density at radius 3 is 2.56 bits per heavy atom. The first kappa shape index (κ1) is 21.5. The summed E-state index contributed by atoms with van der Waals surface area (Å²) in [5.74, 6) is 0.683. The highest BCUT2D eigenvalue weighted by Gasteiger charge is 2.37.